The quantitative estimate of drug-likeness (QED) is 0.591. The molecule has 0 spiro atoms. The molecule has 0 radical (unpaired) electrons. The molecule has 0 atom stereocenters. The Morgan fingerprint density at radius 3 is 2.86 bits per heavy atom. The van der Waals surface area contributed by atoms with Crippen molar-refractivity contribution in [3.63, 3.8) is 0 Å². The van der Waals surface area contributed by atoms with Gasteiger partial charge in [0, 0.05) is 18.5 Å². The normalized spacial score (nSPS) is 14.5. The average molecular weight is 401 g/mol. The van der Waals surface area contributed by atoms with E-state index in [1.165, 1.54) is 24.2 Å². The summed E-state index contributed by atoms with van der Waals surface area (Å²) in [6, 6.07) is 5.53. The Labute approximate surface area is 166 Å². The maximum atomic E-state index is 12.4. The van der Waals surface area contributed by atoms with Crippen molar-refractivity contribution in [2.75, 3.05) is 0 Å². The van der Waals surface area contributed by atoms with Crippen LogP contribution in [0.25, 0.3) is 10.2 Å². The number of urea groups is 1. The van der Waals surface area contributed by atoms with Gasteiger partial charge < -0.3 is 20.4 Å². The highest BCUT2D eigenvalue weighted by Crippen LogP contribution is 2.28. The van der Waals surface area contributed by atoms with Crippen LogP contribution in [0.15, 0.2) is 28.9 Å². The summed E-state index contributed by atoms with van der Waals surface area (Å²) >= 11 is 1.38. The fraction of sp³-hybridized carbons (Fsp3) is 0.421. The predicted octanol–water partition coefficient (Wildman–Crippen LogP) is 2.90. The highest BCUT2D eigenvalue weighted by Gasteiger charge is 2.19. The number of nitrogens with one attached hydrogen (secondary N) is 3. The maximum absolute atomic E-state index is 12.4. The molecule has 3 aromatic heterocycles. The van der Waals surface area contributed by atoms with Crippen molar-refractivity contribution in [2.24, 2.45) is 7.05 Å². The second-order valence-corrected chi connectivity index (χ2v) is 8.00. The van der Waals surface area contributed by atoms with Gasteiger partial charge >= 0.3 is 6.03 Å². The van der Waals surface area contributed by atoms with E-state index in [1.54, 1.807) is 17.0 Å². The van der Waals surface area contributed by atoms with Gasteiger partial charge in [0.05, 0.1) is 29.9 Å². The first-order chi connectivity index (χ1) is 13.6. The third-order valence-corrected chi connectivity index (χ3v) is 6.12. The molecule has 8 nitrogen and oxygen atoms in total. The Hall–Kier alpha value is -2.81. The standard InChI is InChI=1S/C19H23N5O3S/c1-24-18-14(9-16(28-18)17(25)20-10-13-7-4-8-27-13)15(23-24)11-21-19(26)22-12-5-2-3-6-12/h4,7-9,12H,2-3,5-6,10-11H2,1H3,(H,20,25)(H2,21,22,26). The minimum atomic E-state index is -0.169. The second-order valence-electron chi connectivity index (χ2n) is 6.97. The first-order valence-electron chi connectivity index (χ1n) is 9.40. The van der Waals surface area contributed by atoms with E-state index in [9.17, 15) is 9.59 Å². The van der Waals surface area contributed by atoms with Crippen LogP contribution in [-0.2, 0) is 20.1 Å². The molecule has 0 unspecified atom stereocenters. The number of aromatic nitrogens is 2. The van der Waals surface area contributed by atoms with Crippen LogP contribution in [0.2, 0.25) is 0 Å². The zero-order valence-corrected chi connectivity index (χ0v) is 16.5. The molecule has 1 aliphatic rings. The maximum Gasteiger partial charge on any atom is 0.315 e. The van der Waals surface area contributed by atoms with Gasteiger partial charge in [-0.3, -0.25) is 9.48 Å². The van der Waals surface area contributed by atoms with Gasteiger partial charge in [0.1, 0.15) is 10.6 Å². The molecular weight excluding hydrogens is 378 g/mol. The number of thiophene rings is 1. The number of carbonyl (C=O) groups excluding carboxylic acids is 2. The van der Waals surface area contributed by atoms with Crippen LogP contribution < -0.4 is 16.0 Å². The zero-order chi connectivity index (χ0) is 19.5. The van der Waals surface area contributed by atoms with E-state index in [1.807, 2.05) is 19.2 Å². The molecule has 1 fully saturated rings. The lowest BCUT2D eigenvalue weighted by Crippen LogP contribution is -2.40. The lowest BCUT2D eigenvalue weighted by molar-refractivity contribution is 0.0952. The third kappa shape index (κ3) is 4.04. The SMILES string of the molecule is Cn1nc(CNC(=O)NC2CCCC2)c2cc(C(=O)NCc3ccco3)sc21. The van der Waals surface area contributed by atoms with E-state index in [4.69, 9.17) is 4.42 Å². The molecule has 0 bridgehead atoms. The van der Waals surface area contributed by atoms with Gasteiger partial charge in [0.2, 0.25) is 0 Å². The number of amides is 3. The van der Waals surface area contributed by atoms with Crippen molar-refractivity contribution in [1.29, 1.82) is 0 Å². The Morgan fingerprint density at radius 2 is 2.11 bits per heavy atom. The summed E-state index contributed by atoms with van der Waals surface area (Å²) in [4.78, 5) is 26.0. The van der Waals surface area contributed by atoms with Gasteiger partial charge in [0.25, 0.3) is 5.91 Å². The van der Waals surface area contributed by atoms with Crippen LogP contribution in [0.1, 0.15) is 46.8 Å². The molecule has 1 aliphatic carbocycles. The number of fused-ring (bicyclic) bond motifs is 1. The fourth-order valence-electron chi connectivity index (χ4n) is 3.49. The summed E-state index contributed by atoms with van der Waals surface area (Å²) in [7, 11) is 1.84. The van der Waals surface area contributed by atoms with E-state index in [0.29, 0.717) is 23.7 Å². The molecule has 3 amide bonds. The summed E-state index contributed by atoms with van der Waals surface area (Å²) in [5.74, 6) is 0.546. The van der Waals surface area contributed by atoms with E-state index in [2.05, 4.69) is 21.0 Å². The Kier molecular flexibility index (Phi) is 5.34. The van der Waals surface area contributed by atoms with Crippen LogP contribution >= 0.6 is 11.3 Å². The fourth-order valence-corrected chi connectivity index (χ4v) is 4.50. The monoisotopic (exact) mass is 401 g/mol. The number of furan rings is 1. The summed E-state index contributed by atoms with van der Waals surface area (Å²) in [5, 5.41) is 14.1. The molecule has 148 valence electrons. The third-order valence-electron chi connectivity index (χ3n) is 4.92. The van der Waals surface area contributed by atoms with Crippen molar-refractivity contribution in [3.05, 3.63) is 40.8 Å². The largest absolute Gasteiger partial charge is 0.467 e. The van der Waals surface area contributed by atoms with E-state index in [0.717, 1.165) is 28.8 Å². The molecule has 3 aromatic rings. The van der Waals surface area contributed by atoms with Crippen LogP contribution in [-0.4, -0.2) is 27.8 Å². The smallest absolute Gasteiger partial charge is 0.315 e. The first-order valence-corrected chi connectivity index (χ1v) is 10.2. The topological polar surface area (TPSA) is 101 Å². The zero-order valence-electron chi connectivity index (χ0n) is 15.7. The number of carbonyl (C=O) groups is 2. The molecule has 1 saturated carbocycles. The molecule has 28 heavy (non-hydrogen) atoms. The lowest BCUT2D eigenvalue weighted by atomic mass is 10.2. The lowest BCUT2D eigenvalue weighted by Gasteiger charge is -2.12. The molecule has 3 N–H and O–H groups in total. The van der Waals surface area contributed by atoms with Gasteiger partial charge in [-0.25, -0.2) is 4.79 Å². The predicted molar refractivity (Wildman–Crippen MR) is 106 cm³/mol. The van der Waals surface area contributed by atoms with Crippen LogP contribution in [0.5, 0.6) is 0 Å². The summed E-state index contributed by atoms with van der Waals surface area (Å²) < 4.78 is 6.98. The molecule has 9 heteroatoms. The molecular formula is C19H23N5O3S. The second kappa shape index (κ2) is 8.05. The van der Waals surface area contributed by atoms with Crippen molar-refractivity contribution in [2.45, 2.75) is 44.8 Å². The number of nitrogens with zero attached hydrogens (tertiary/aromatic N) is 2. The molecule has 0 aliphatic heterocycles. The summed E-state index contributed by atoms with van der Waals surface area (Å²) in [6.07, 6.45) is 6.01. The minimum Gasteiger partial charge on any atom is -0.467 e. The van der Waals surface area contributed by atoms with Gasteiger partial charge in [-0.2, -0.15) is 5.10 Å². The van der Waals surface area contributed by atoms with Crippen LogP contribution in [0.4, 0.5) is 4.79 Å². The molecule has 0 aromatic carbocycles. The van der Waals surface area contributed by atoms with E-state index >= 15 is 0 Å². The van der Waals surface area contributed by atoms with E-state index in [-0.39, 0.29) is 18.0 Å². The summed E-state index contributed by atoms with van der Waals surface area (Å²) in [5.41, 5.74) is 0.750. The Balaban J connectivity index is 1.40. The van der Waals surface area contributed by atoms with Crippen molar-refractivity contribution in [3.8, 4) is 0 Å². The average Bonchev–Trinajstić information content (AvgIpc) is 3.45. The van der Waals surface area contributed by atoms with Crippen LogP contribution in [0.3, 0.4) is 0 Å². The molecule has 3 heterocycles. The number of hydrogen-bond acceptors (Lipinski definition) is 5. The van der Waals surface area contributed by atoms with Crippen molar-refractivity contribution >= 4 is 33.5 Å². The molecule has 4 rings (SSSR count). The van der Waals surface area contributed by atoms with Crippen molar-refractivity contribution in [1.82, 2.24) is 25.7 Å². The van der Waals surface area contributed by atoms with Gasteiger partial charge in [-0.1, -0.05) is 12.8 Å². The first kappa shape index (κ1) is 18.5. The van der Waals surface area contributed by atoms with Crippen LogP contribution in [0, 0.1) is 0 Å². The summed E-state index contributed by atoms with van der Waals surface area (Å²) in [6.45, 7) is 0.661. The van der Waals surface area contributed by atoms with Gasteiger partial charge in [-0.05, 0) is 31.0 Å². The minimum absolute atomic E-state index is 0.157. The van der Waals surface area contributed by atoms with E-state index < -0.39 is 0 Å². The highest BCUT2D eigenvalue weighted by atomic mass is 32.1. The number of rotatable bonds is 6. The van der Waals surface area contributed by atoms with Gasteiger partial charge in [-0.15, -0.1) is 11.3 Å². The highest BCUT2D eigenvalue weighted by molar-refractivity contribution is 7.20. The Bertz CT molecular complexity index is 969. The number of hydrogen-bond donors (Lipinski definition) is 3. The number of aryl methyl sites for hydroxylation is 1. The van der Waals surface area contributed by atoms with Gasteiger partial charge in [0.15, 0.2) is 0 Å². The molecule has 0 saturated heterocycles. The Morgan fingerprint density at radius 1 is 1.29 bits per heavy atom. The van der Waals surface area contributed by atoms with Crippen molar-refractivity contribution < 1.29 is 14.0 Å².